The largest absolute Gasteiger partial charge is 0.508 e. The number of rotatable bonds is 2. The van der Waals surface area contributed by atoms with Crippen molar-refractivity contribution in [3.8, 4) is 5.75 Å². The Hall–Kier alpha value is -1.55. The van der Waals surface area contributed by atoms with Crippen molar-refractivity contribution in [2.45, 2.75) is 25.3 Å². The molecule has 18 heavy (non-hydrogen) atoms. The number of benzene rings is 1. The van der Waals surface area contributed by atoms with E-state index in [1.54, 1.807) is 6.07 Å². The van der Waals surface area contributed by atoms with Gasteiger partial charge in [0.2, 0.25) is 0 Å². The zero-order valence-electron chi connectivity index (χ0n) is 10.3. The van der Waals surface area contributed by atoms with Crippen LogP contribution >= 0.6 is 0 Å². The highest BCUT2D eigenvalue weighted by molar-refractivity contribution is 5.93. The van der Waals surface area contributed by atoms with Crippen LogP contribution in [0.25, 0.3) is 0 Å². The molecule has 1 atom stereocenters. The Balaban J connectivity index is 1.85. The van der Waals surface area contributed by atoms with Gasteiger partial charge in [0.05, 0.1) is 11.8 Å². The van der Waals surface area contributed by atoms with E-state index in [0.717, 1.165) is 43.6 Å². The van der Waals surface area contributed by atoms with E-state index >= 15 is 0 Å². The first kappa shape index (κ1) is 11.5. The molecule has 3 aliphatic rings. The molecule has 0 aromatic heterocycles. The first-order chi connectivity index (χ1) is 8.79. The normalized spacial score (nSPS) is 32.9. The number of para-hydroxylation sites is 1. The van der Waals surface area contributed by atoms with Crippen molar-refractivity contribution in [1.29, 1.82) is 0 Å². The standard InChI is InChI=1S/C14H18N2O2/c17-13-4-2-1-3-11(13)9-12-14(15-18)10-5-7-16(12)8-6-10/h1-4,10,12,17-18H,5-9H2/b15-14-/t12-/m1/s1. The van der Waals surface area contributed by atoms with E-state index in [2.05, 4.69) is 10.1 Å². The molecule has 4 rings (SSSR count). The van der Waals surface area contributed by atoms with Crippen LogP contribution in [0.4, 0.5) is 0 Å². The van der Waals surface area contributed by atoms with Crippen LogP contribution in [0.2, 0.25) is 0 Å². The molecule has 0 amide bonds. The van der Waals surface area contributed by atoms with Gasteiger partial charge >= 0.3 is 0 Å². The van der Waals surface area contributed by atoms with Crippen molar-refractivity contribution in [3.63, 3.8) is 0 Å². The summed E-state index contributed by atoms with van der Waals surface area (Å²) in [6, 6.07) is 7.56. The third-order valence-corrected chi connectivity index (χ3v) is 4.25. The molecule has 4 heteroatoms. The van der Waals surface area contributed by atoms with E-state index in [4.69, 9.17) is 0 Å². The zero-order valence-corrected chi connectivity index (χ0v) is 10.3. The van der Waals surface area contributed by atoms with E-state index in [9.17, 15) is 10.3 Å². The Morgan fingerprint density at radius 2 is 1.94 bits per heavy atom. The average Bonchev–Trinajstić information content (AvgIpc) is 2.42. The third-order valence-electron chi connectivity index (χ3n) is 4.25. The highest BCUT2D eigenvalue weighted by Gasteiger charge is 2.39. The molecular weight excluding hydrogens is 228 g/mol. The lowest BCUT2D eigenvalue weighted by Crippen LogP contribution is -2.56. The summed E-state index contributed by atoms with van der Waals surface area (Å²) in [6.45, 7) is 2.14. The van der Waals surface area contributed by atoms with Crippen LogP contribution in [0.5, 0.6) is 5.75 Å². The molecule has 96 valence electrons. The number of hydrogen-bond acceptors (Lipinski definition) is 4. The molecule has 1 aromatic rings. The molecule has 3 heterocycles. The van der Waals surface area contributed by atoms with Gasteiger partial charge in [-0.05, 0) is 44.0 Å². The second-order valence-corrected chi connectivity index (χ2v) is 5.18. The summed E-state index contributed by atoms with van der Waals surface area (Å²) >= 11 is 0. The molecule has 1 aromatic carbocycles. The summed E-state index contributed by atoms with van der Waals surface area (Å²) in [5, 5.41) is 22.6. The van der Waals surface area contributed by atoms with E-state index in [1.165, 1.54) is 0 Å². The maximum absolute atomic E-state index is 9.85. The van der Waals surface area contributed by atoms with Gasteiger partial charge in [-0.1, -0.05) is 23.4 Å². The summed E-state index contributed by atoms with van der Waals surface area (Å²) in [4.78, 5) is 2.36. The van der Waals surface area contributed by atoms with Crippen molar-refractivity contribution in [2.24, 2.45) is 11.1 Å². The minimum absolute atomic E-state index is 0.149. The fraction of sp³-hybridized carbons (Fsp3) is 0.500. The lowest BCUT2D eigenvalue weighted by atomic mass is 9.79. The number of phenolic OH excluding ortho intramolecular Hbond substituents is 1. The van der Waals surface area contributed by atoms with E-state index in [-0.39, 0.29) is 6.04 Å². The van der Waals surface area contributed by atoms with Crippen LogP contribution in [0.3, 0.4) is 0 Å². The van der Waals surface area contributed by atoms with Gasteiger partial charge in [0, 0.05) is 5.92 Å². The third kappa shape index (κ3) is 1.86. The van der Waals surface area contributed by atoms with Crippen molar-refractivity contribution >= 4 is 5.71 Å². The molecule has 4 nitrogen and oxygen atoms in total. The Labute approximate surface area is 107 Å². The van der Waals surface area contributed by atoms with Crippen LogP contribution in [0, 0.1) is 5.92 Å². The van der Waals surface area contributed by atoms with Gasteiger partial charge in [0.15, 0.2) is 0 Å². The van der Waals surface area contributed by atoms with Gasteiger partial charge < -0.3 is 10.3 Å². The van der Waals surface area contributed by atoms with Crippen molar-refractivity contribution < 1.29 is 10.3 Å². The highest BCUT2D eigenvalue weighted by atomic mass is 16.4. The Morgan fingerprint density at radius 1 is 1.22 bits per heavy atom. The van der Waals surface area contributed by atoms with Crippen LogP contribution in [-0.2, 0) is 6.42 Å². The second-order valence-electron chi connectivity index (χ2n) is 5.18. The number of aromatic hydroxyl groups is 1. The van der Waals surface area contributed by atoms with Crippen LogP contribution in [0.15, 0.2) is 29.4 Å². The predicted octanol–water partition coefficient (Wildman–Crippen LogP) is 1.86. The summed E-state index contributed by atoms with van der Waals surface area (Å²) < 4.78 is 0. The Bertz CT molecular complexity index is 465. The van der Waals surface area contributed by atoms with E-state index < -0.39 is 0 Å². The predicted molar refractivity (Wildman–Crippen MR) is 69.1 cm³/mol. The average molecular weight is 246 g/mol. The van der Waals surface area contributed by atoms with Gasteiger partial charge in [-0.2, -0.15) is 0 Å². The van der Waals surface area contributed by atoms with Crippen LogP contribution < -0.4 is 0 Å². The lowest BCUT2D eigenvalue weighted by Gasteiger charge is -2.45. The molecule has 0 unspecified atom stereocenters. The number of hydrogen-bond donors (Lipinski definition) is 2. The van der Waals surface area contributed by atoms with Gasteiger partial charge in [0.25, 0.3) is 0 Å². The molecule has 0 saturated carbocycles. The second kappa shape index (κ2) is 4.61. The number of fused-ring (bicyclic) bond motifs is 3. The number of nitrogens with zero attached hydrogens (tertiary/aromatic N) is 2. The van der Waals surface area contributed by atoms with E-state index in [0.29, 0.717) is 11.7 Å². The maximum atomic E-state index is 9.85. The van der Waals surface area contributed by atoms with Crippen molar-refractivity contribution in [3.05, 3.63) is 29.8 Å². The molecule has 2 bridgehead atoms. The summed E-state index contributed by atoms with van der Waals surface area (Å²) in [7, 11) is 0. The van der Waals surface area contributed by atoms with Gasteiger partial charge in [-0.3, -0.25) is 4.90 Å². The number of oxime groups is 1. The zero-order chi connectivity index (χ0) is 12.5. The summed E-state index contributed by atoms with van der Waals surface area (Å²) in [6.07, 6.45) is 2.91. The molecule has 0 radical (unpaired) electrons. The smallest absolute Gasteiger partial charge is 0.118 e. The van der Waals surface area contributed by atoms with Crippen LogP contribution in [0.1, 0.15) is 18.4 Å². The Kier molecular flexibility index (Phi) is 2.96. The summed E-state index contributed by atoms with van der Waals surface area (Å²) in [5.74, 6) is 0.758. The lowest BCUT2D eigenvalue weighted by molar-refractivity contribution is 0.137. The number of phenols is 1. The molecule has 3 saturated heterocycles. The fourth-order valence-corrected chi connectivity index (χ4v) is 3.24. The maximum Gasteiger partial charge on any atom is 0.118 e. The molecule has 0 aliphatic carbocycles. The van der Waals surface area contributed by atoms with Crippen molar-refractivity contribution in [1.82, 2.24) is 4.90 Å². The first-order valence-electron chi connectivity index (χ1n) is 6.52. The van der Waals surface area contributed by atoms with Gasteiger partial charge in [0.1, 0.15) is 5.75 Å². The minimum atomic E-state index is 0.149. The molecule has 2 N–H and O–H groups in total. The first-order valence-corrected chi connectivity index (χ1v) is 6.52. The summed E-state index contributed by atoms with van der Waals surface area (Å²) in [5.41, 5.74) is 1.83. The highest BCUT2D eigenvalue weighted by Crippen LogP contribution is 2.32. The fourth-order valence-electron chi connectivity index (χ4n) is 3.24. The quantitative estimate of drug-likeness (QED) is 0.618. The Morgan fingerprint density at radius 3 is 2.61 bits per heavy atom. The van der Waals surface area contributed by atoms with Gasteiger partial charge in [-0.15, -0.1) is 0 Å². The number of piperidine rings is 3. The monoisotopic (exact) mass is 246 g/mol. The molecular formula is C14H18N2O2. The van der Waals surface area contributed by atoms with E-state index in [1.807, 2.05) is 18.2 Å². The molecule has 0 spiro atoms. The van der Waals surface area contributed by atoms with Crippen molar-refractivity contribution in [2.75, 3.05) is 13.1 Å². The van der Waals surface area contributed by atoms with Crippen LogP contribution in [-0.4, -0.2) is 40.1 Å². The minimum Gasteiger partial charge on any atom is -0.508 e. The van der Waals surface area contributed by atoms with Gasteiger partial charge in [-0.25, -0.2) is 0 Å². The topological polar surface area (TPSA) is 56.1 Å². The molecule has 3 aliphatic heterocycles. The molecule has 3 fully saturated rings. The SMILES string of the molecule is O/N=C1/C2CCN(CC2)[C@@H]1Cc1ccccc1O.